The zero-order valence-corrected chi connectivity index (χ0v) is 9.11. The Hall–Kier alpha value is -0.240. The van der Waals surface area contributed by atoms with Crippen molar-refractivity contribution >= 4 is 0 Å². The predicted octanol–water partition coefficient (Wildman–Crippen LogP) is -2.41. The van der Waals surface area contributed by atoms with E-state index in [0.717, 1.165) is 0 Å². The minimum Gasteiger partial charge on any atom is -0.395 e. The van der Waals surface area contributed by atoms with Crippen molar-refractivity contribution < 1.29 is 15.3 Å². The molecule has 0 bridgehead atoms. The first-order valence-corrected chi connectivity index (χ1v) is 4.43. The van der Waals surface area contributed by atoms with Gasteiger partial charge in [0.05, 0.1) is 18.8 Å². The van der Waals surface area contributed by atoms with E-state index in [1.165, 1.54) is 0 Å². The SMILES string of the molecule is CC(C)(O)CN.NCCO.NCCO. The van der Waals surface area contributed by atoms with Crippen molar-refractivity contribution in [3.8, 4) is 0 Å². The molecule has 90 valence electrons. The van der Waals surface area contributed by atoms with E-state index in [1.54, 1.807) is 13.8 Å². The molecule has 0 rings (SSSR count). The second-order valence-electron chi connectivity index (χ2n) is 3.04. The van der Waals surface area contributed by atoms with Crippen LogP contribution in [0.15, 0.2) is 0 Å². The van der Waals surface area contributed by atoms with Gasteiger partial charge in [-0.15, -0.1) is 0 Å². The highest BCUT2D eigenvalue weighted by Crippen LogP contribution is 1.93. The van der Waals surface area contributed by atoms with Gasteiger partial charge >= 0.3 is 0 Å². The summed E-state index contributed by atoms with van der Waals surface area (Å²) >= 11 is 0. The summed E-state index contributed by atoms with van der Waals surface area (Å²) in [5.74, 6) is 0. The first-order valence-electron chi connectivity index (χ1n) is 4.43. The lowest BCUT2D eigenvalue weighted by Gasteiger charge is -2.11. The number of hydrogen-bond acceptors (Lipinski definition) is 6. The molecule has 0 heterocycles. The fourth-order valence-electron chi connectivity index (χ4n) is 0. The highest BCUT2D eigenvalue weighted by atomic mass is 16.3. The molecule has 0 spiro atoms. The van der Waals surface area contributed by atoms with Crippen LogP contribution in [0.3, 0.4) is 0 Å². The van der Waals surface area contributed by atoms with Gasteiger partial charge < -0.3 is 32.5 Å². The van der Waals surface area contributed by atoms with Gasteiger partial charge in [0.1, 0.15) is 0 Å². The molecule has 0 aliphatic heterocycles. The van der Waals surface area contributed by atoms with E-state index in [1.807, 2.05) is 0 Å². The molecule has 0 saturated heterocycles. The number of hydrogen-bond donors (Lipinski definition) is 6. The minimum absolute atomic E-state index is 0.0972. The molecule has 0 unspecified atom stereocenters. The summed E-state index contributed by atoms with van der Waals surface area (Å²) in [5, 5.41) is 24.2. The van der Waals surface area contributed by atoms with Gasteiger partial charge in [-0.05, 0) is 13.8 Å². The number of rotatable bonds is 3. The fraction of sp³-hybridized carbons (Fsp3) is 1.00. The minimum atomic E-state index is -0.681. The molecule has 6 heteroatoms. The lowest BCUT2D eigenvalue weighted by atomic mass is 10.1. The average Bonchev–Trinajstić information content (AvgIpc) is 2.17. The molecule has 0 aliphatic carbocycles. The van der Waals surface area contributed by atoms with E-state index < -0.39 is 5.60 Å². The molecule has 6 nitrogen and oxygen atoms in total. The number of nitrogens with two attached hydrogens (primary N) is 3. The van der Waals surface area contributed by atoms with Crippen LogP contribution in [0.1, 0.15) is 13.8 Å². The molecule has 0 atom stereocenters. The maximum atomic E-state index is 8.70. The third kappa shape index (κ3) is 60.1. The lowest BCUT2D eigenvalue weighted by Crippen LogP contribution is -2.29. The Morgan fingerprint density at radius 1 is 0.929 bits per heavy atom. The van der Waals surface area contributed by atoms with Crippen LogP contribution in [0.25, 0.3) is 0 Å². The molecular weight excluding hydrogens is 186 g/mol. The maximum Gasteiger partial charge on any atom is 0.0713 e. The Bertz CT molecular complexity index is 78.4. The number of aliphatic hydroxyl groups excluding tert-OH is 2. The highest BCUT2D eigenvalue weighted by molar-refractivity contribution is 4.63. The van der Waals surface area contributed by atoms with E-state index in [0.29, 0.717) is 19.6 Å². The second kappa shape index (κ2) is 15.2. The van der Waals surface area contributed by atoms with E-state index in [4.69, 9.17) is 32.5 Å². The molecule has 0 fully saturated rings. The molecule has 0 aromatic heterocycles. The molecule has 0 aliphatic rings. The van der Waals surface area contributed by atoms with Crippen LogP contribution in [-0.2, 0) is 0 Å². The van der Waals surface area contributed by atoms with Crippen LogP contribution in [0.4, 0.5) is 0 Å². The lowest BCUT2D eigenvalue weighted by molar-refractivity contribution is 0.0898. The van der Waals surface area contributed by atoms with E-state index in [9.17, 15) is 0 Å². The molecule has 9 N–H and O–H groups in total. The molecule has 0 aromatic rings. The van der Waals surface area contributed by atoms with Crippen LogP contribution in [-0.4, -0.2) is 53.8 Å². The Morgan fingerprint density at radius 3 is 1.07 bits per heavy atom. The van der Waals surface area contributed by atoms with Crippen molar-refractivity contribution in [1.82, 2.24) is 0 Å². The molecule has 0 amide bonds. The predicted molar refractivity (Wildman–Crippen MR) is 57.6 cm³/mol. The summed E-state index contributed by atoms with van der Waals surface area (Å²) in [5.41, 5.74) is 13.9. The molecular formula is C8H25N3O3. The van der Waals surface area contributed by atoms with E-state index in [-0.39, 0.29) is 13.2 Å². The van der Waals surface area contributed by atoms with E-state index >= 15 is 0 Å². The highest BCUT2D eigenvalue weighted by Gasteiger charge is 2.06. The normalized spacial score (nSPS) is 9.43. The molecule has 14 heavy (non-hydrogen) atoms. The van der Waals surface area contributed by atoms with Crippen molar-refractivity contribution in [3.63, 3.8) is 0 Å². The summed E-state index contributed by atoms with van der Waals surface area (Å²) in [6.07, 6.45) is 0. The first kappa shape index (κ1) is 19.4. The third-order valence-corrected chi connectivity index (χ3v) is 0.758. The van der Waals surface area contributed by atoms with Gasteiger partial charge in [-0.3, -0.25) is 0 Å². The van der Waals surface area contributed by atoms with Crippen molar-refractivity contribution in [3.05, 3.63) is 0 Å². The van der Waals surface area contributed by atoms with Crippen LogP contribution in [0.5, 0.6) is 0 Å². The Balaban J connectivity index is -0.000000135. The van der Waals surface area contributed by atoms with Crippen molar-refractivity contribution in [2.24, 2.45) is 17.2 Å². The summed E-state index contributed by atoms with van der Waals surface area (Å²) < 4.78 is 0. The van der Waals surface area contributed by atoms with Gasteiger partial charge in [0.2, 0.25) is 0 Å². The topological polar surface area (TPSA) is 139 Å². The smallest absolute Gasteiger partial charge is 0.0713 e. The van der Waals surface area contributed by atoms with Crippen molar-refractivity contribution in [2.45, 2.75) is 19.4 Å². The van der Waals surface area contributed by atoms with E-state index in [2.05, 4.69) is 0 Å². The summed E-state index contributed by atoms with van der Waals surface area (Å²) in [6.45, 7) is 4.62. The van der Waals surface area contributed by atoms with Crippen LogP contribution < -0.4 is 17.2 Å². The monoisotopic (exact) mass is 211 g/mol. The molecule has 0 radical (unpaired) electrons. The van der Waals surface area contributed by atoms with Crippen LogP contribution >= 0.6 is 0 Å². The van der Waals surface area contributed by atoms with Gasteiger partial charge in [-0.2, -0.15) is 0 Å². The summed E-state index contributed by atoms with van der Waals surface area (Å²) in [7, 11) is 0. The fourth-order valence-corrected chi connectivity index (χ4v) is 0. The van der Waals surface area contributed by atoms with Gasteiger partial charge in [0.15, 0.2) is 0 Å². The van der Waals surface area contributed by atoms with Crippen molar-refractivity contribution in [2.75, 3.05) is 32.8 Å². The summed E-state index contributed by atoms with van der Waals surface area (Å²) in [4.78, 5) is 0. The largest absolute Gasteiger partial charge is 0.395 e. The number of aliphatic hydroxyl groups is 3. The van der Waals surface area contributed by atoms with Gasteiger partial charge in [0, 0.05) is 19.6 Å². The first-order chi connectivity index (χ1) is 6.39. The quantitative estimate of drug-likeness (QED) is 0.307. The average molecular weight is 211 g/mol. The van der Waals surface area contributed by atoms with Gasteiger partial charge in [0.25, 0.3) is 0 Å². The summed E-state index contributed by atoms with van der Waals surface area (Å²) in [6, 6.07) is 0. The zero-order valence-electron chi connectivity index (χ0n) is 9.11. The van der Waals surface area contributed by atoms with Gasteiger partial charge in [-0.25, -0.2) is 0 Å². The Kier molecular flexibility index (Phi) is 21.1. The van der Waals surface area contributed by atoms with Crippen molar-refractivity contribution in [1.29, 1.82) is 0 Å². The van der Waals surface area contributed by atoms with Crippen LogP contribution in [0.2, 0.25) is 0 Å². The Labute approximate surface area is 85.7 Å². The van der Waals surface area contributed by atoms with Gasteiger partial charge in [-0.1, -0.05) is 0 Å². The molecule has 0 saturated carbocycles. The molecule has 0 aromatic carbocycles. The standard InChI is InChI=1S/C4H11NO.2C2H7NO/c1-4(2,6)3-5;2*3-1-2-4/h6H,3,5H2,1-2H3;2*4H,1-3H2. The van der Waals surface area contributed by atoms with Crippen LogP contribution in [0, 0.1) is 0 Å². The maximum absolute atomic E-state index is 8.70. The second-order valence-corrected chi connectivity index (χ2v) is 3.04. The third-order valence-electron chi connectivity index (χ3n) is 0.758. The Morgan fingerprint density at radius 2 is 1.07 bits per heavy atom. The zero-order chi connectivity index (χ0) is 12.0.